The second-order valence-electron chi connectivity index (χ2n) is 5.75. The number of rotatable bonds is 4. The molecule has 1 fully saturated rings. The molecule has 0 heterocycles. The van der Waals surface area contributed by atoms with E-state index in [1.807, 2.05) is 0 Å². The van der Waals surface area contributed by atoms with Crippen molar-refractivity contribution in [3.8, 4) is 0 Å². The van der Waals surface area contributed by atoms with Crippen molar-refractivity contribution in [3.05, 3.63) is 36.0 Å². The summed E-state index contributed by atoms with van der Waals surface area (Å²) < 4.78 is 5.20. The van der Waals surface area contributed by atoms with Crippen molar-refractivity contribution in [2.24, 2.45) is 5.92 Å². The molecular formula is C16H20O7. The van der Waals surface area contributed by atoms with Crippen LogP contribution in [0.15, 0.2) is 36.0 Å². The Hall–Kier alpha value is -2.41. The van der Waals surface area contributed by atoms with Crippen LogP contribution in [0.1, 0.15) is 26.7 Å². The van der Waals surface area contributed by atoms with Gasteiger partial charge in [-0.15, -0.1) is 0 Å². The van der Waals surface area contributed by atoms with Gasteiger partial charge in [0.25, 0.3) is 0 Å². The summed E-state index contributed by atoms with van der Waals surface area (Å²) in [6.07, 6.45) is 1.39. The van der Waals surface area contributed by atoms with Crippen LogP contribution < -0.4 is 0 Å². The van der Waals surface area contributed by atoms with Crippen molar-refractivity contribution in [1.82, 2.24) is 0 Å². The third-order valence-corrected chi connectivity index (χ3v) is 3.71. The van der Waals surface area contributed by atoms with Gasteiger partial charge in [0.05, 0.1) is 11.7 Å². The van der Waals surface area contributed by atoms with Gasteiger partial charge in [0.2, 0.25) is 0 Å². The third kappa shape index (κ3) is 3.87. The number of hydrogen-bond acceptors (Lipinski definition) is 5. The Balaban J connectivity index is 0.000000379. The first-order valence-corrected chi connectivity index (χ1v) is 6.92. The number of carbonyl (C=O) groups excluding carboxylic acids is 1. The summed E-state index contributed by atoms with van der Waals surface area (Å²) in [4.78, 5) is 32.2. The van der Waals surface area contributed by atoms with Crippen LogP contribution in [0.3, 0.4) is 0 Å². The maximum Gasteiger partial charge on any atom is 0.335 e. The summed E-state index contributed by atoms with van der Waals surface area (Å²) >= 11 is 0. The van der Waals surface area contributed by atoms with Crippen molar-refractivity contribution in [2.75, 3.05) is 0 Å². The molecule has 3 unspecified atom stereocenters. The van der Waals surface area contributed by atoms with Crippen LogP contribution in [-0.2, 0) is 19.1 Å². The van der Waals surface area contributed by atoms with Gasteiger partial charge in [0, 0.05) is 17.6 Å². The van der Waals surface area contributed by atoms with E-state index in [0.29, 0.717) is 12.8 Å². The number of ether oxygens (including phenoxy) is 1. The van der Waals surface area contributed by atoms with Crippen LogP contribution >= 0.6 is 0 Å². The normalized spacial score (nSPS) is 27.3. The number of aliphatic hydroxyl groups excluding tert-OH is 1. The minimum Gasteiger partial charge on any atom is -0.478 e. The number of aliphatic carboxylic acids is 2. The molecule has 0 aromatic heterocycles. The zero-order valence-electron chi connectivity index (χ0n) is 13.0. The number of allylic oxidation sites excluding steroid dienone is 1. The van der Waals surface area contributed by atoms with E-state index in [1.165, 1.54) is 13.8 Å². The van der Waals surface area contributed by atoms with Crippen LogP contribution in [0.2, 0.25) is 0 Å². The first-order valence-electron chi connectivity index (χ1n) is 6.92. The Bertz CT molecular complexity index is 590. The van der Waals surface area contributed by atoms with E-state index in [-0.39, 0.29) is 22.6 Å². The second kappa shape index (κ2) is 6.78. The number of carbonyl (C=O) groups is 3. The summed E-state index contributed by atoms with van der Waals surface area (Å²) in [5.74, 6) is -2.79. The van der Waals surface area contributed by atoms with E-state index in [1.54, 1.807) is 6.08 Å². The highest BCUT2D eigenvalue weighted by atomic mass is 16.6. The van der Waals surface area contributed by atoms with Crippen LogP contribution in [0.5, 0.6) is 0 Å². The largest absolute Gasteiger partial charge is 0.478 e. The van der Waals surface area contributed by atoms with E-state index in [0.717, 1.165) is 0 Å². The lowest BCUT2D eigenvalue weighted by Gasteiger charge is -2.32. The molecule has 1 saturated carbocycles. The number of aliphatic hydroxyl groups is 1. The Labute approximate surface area is 133 Å². The van der Waals surface area contributed by atoms with Crippen molar-refractivity contribution in [1.29, 1.82) is 0 Å². The minimum absolute atomic E-state index is 0.0177. The first-order chi connectivity index (χ1) is 10.5. The predicted molar refractivity (Wildman–Crippen MR) is 80.5 cm³/mol. The molecule has 0 amide bonds. The lowest BCUT2D eigenvalue weighted by Crippen LogP contribution is -2.46. The summed E-state index contributed by atoms with van der Waals surface area (Å²) in [6, 6.07) is 0. The molecule has 2 rings (SSSR count). The first kappa shape index (κ1) is 18.6. The summed E-state index contributed by atoms with van der Waals surface area (Å²) in [6.45, 7) is 9.53. The fraction of sp³-hybridized carbons (Fsp3) is 0.438. The van der Waals surface area contributed by atoms with Crippen molar-refractivity contribution < 1.29 is 34.4 Å². The van der Waals surface area contributed by atoms with E-state index in [2.05, 4.69) is 13.2 Å². The molecule has 0 saturated heterocycles. The number of esters is 1. The third-order valence-electron chi connectivity index (χ3n) is 3.71. The maximum absolute atomic E-state index is 11.5. The number of carboxylic acid groups (broad SMARTS) is 2. The molecule has 0 aromatic carbocycles. The molecule has 0 aromatic rings. The molecule has 3 atom stereocenters. The standard InChI is InChI=1S/C12H14O5.C4H6O2/c1-6(2)11(16)17-12-5-7(4-9(12)13)3-8(12)10(14)15;1-3(2)4(5)6/h3,7,9,13H,1,4-5H2,2H3,(H,14,15);1H2,2H3,(H,5,6). The van der Waals surface area contributed by atoms with Gasteiger partial charge < -0.3 is 20.1 Å². The Kier molecular flexibility index (Phi) is 5.50. The molecule has 2 bridgehead atoms. The fourth-order valence-electron chi connectivity index (χ4n) is 2.55. The van der Waals surface area contributed by atoms with Gasteiger partial charge in [-0.25, -0.2) is 14.4 Å². The molecular weight excluding hydrogens is 304 g/mol. The van der Waals surface area contributed by atoms with E-state index < -0.39 is 29.6 Å². The fourth-order valence-corrected chi connectivity index (χ4v) is 2.55. The highest BCUT2D eigenvalue weighted by Gasteiger charge is 2.58. The molecule has 3 N–H and O–H groups in total. The molecule has 23 heavy (non-hydrogen) atoms. The SMILES string of the molecule is C=C(C)C(=O)O.C=C(C)C(=O)OC12CC(C=C1C(=O)O)CC2O. The second-order valence-corrected chi connectivity index (χ2v) is 5.75. The van der Waals surface area contributed by atoms with Gasteiger partial charge in [0.1, 0.15) is 0 Å². The van der Waals surface area contributed by atoms with Crippen molar-refractivity contribution in [2.45, 2.75) is 38.4 Å². The average molecular weight is 324 g/mol. The molecule has 2 aliphatic rings. The Morgan fingerprint density at radius 1 is 1.22 bits per heavy atom. The maximum atomic E-state index is 11.5. The van der Waals surface area contributed by atoms with Gasteiger partial charge in [-0.1, -0.05) is 19.2 Å². The lowest BCUT2D eigenvalue weighted by atomic mass is 9.90. The highest BCUT2D eigenvalue weighted by molar-refractivity contribution is 5.93. The number of carboxylic acids is 2. The van der Waals surface area contributed by atoms with E-state index >= 15 is 0 Å². The van der Waals surface area contributed by atoms with Gasteiger partial charge in [-0.2, -0.15) is 0 Å². The molecule has 126 valence electrons. The van der Waals surface area contributed by atoms with Crippen LogP contribution in [0.4, 0.5) is 0 Å². The zero-order chi connectivity index (χ0) is 17.9. The number of hydrogen-bond donors (Lipinski definition) is 3. The lowest BCUT2D eigenvalue weighted by molar-refractivity contribution is -0.161. The zero-order valence-corrected chi connectivity index (χ0v) is 13.0. The Morgan fingerprint density at radius 3 is 2.09 bits per heavy atom. The molecule has 2 aliphatic carbocycles. The topological polar surface area (TPSA) is 121 Å². The van der Waals surface area contributed by atoms with Gasteiger partial charge in [0.15, 0.2) is 5.60 Å². The van der Waals surface area contributed by atoms with Crippen molar-refractivity contribution >= 4 is 17.9 Å². The van der Waals surface area contributed by atoms with E-state index in [4.69, 9.17) is 14.9 Å². The number of fused-ring (bicyclic) bond motifs is 2. The van der Waals surface area contributed by atoms with Crippen LogP contribution in [-0.4, -0.2) is 44.9 Å². The molecule has 0 radical (unpaired) electrons. The van der Waals surface area contributed by atoms with E-state index in [9.17, 15) is 19.5 Å². The van der Waals surface area contributed by atoms with Crippen LogP contribution in [0, 0.1) is 5.92 Å². The summed E-state index contributed by atoms with van der Waals surface area (Å²) in [5, 5.41) is 26.9. The van der Waals surface area contributed by atoms with Crippen LogP contribution in [0.25, 0.3) is 0 Å². The van der Waals surface area contributed by atoms with Gasteiger partial charge in [-0.05, 0) is 26.2 Å². The quantitative estimate of drug-likeness (QED) is 0.526. The molecule has 7 nitrogen and oxygen atoms in total. The molecule has 7 heteroatoms. The molecule has 0 spiro atoms. The van der Waals surface area contributed by atoms with Gasteiger partial charge >= 0.3 is 17.9 Å². The van der Waals surface area contributed by atoms with Crippen molar-refractivity contribution in [3.63, 3.8) is 0 Å². The Morgan fingerprint density at radius 2 is 1.74 bits per heavy atom. The summed E-state index contributed by atoms with van der Waals surface area (Å²) in [5.41, 5.74) is -1.04. The summed E-state index contributed by atoms with van der Waals surface area (Å²) in [7, 11) is 0. The average Bonchev–Trinajstić information content (AvgIpc) is 2.92. The van der Waals surface area contributed by atoms with Gasteiger partial charge in [-0.3, -0.25) is 0 Å². The predicted octanol–water partition coefficient (Wildman–Crippen LogP) is 1.29. The monoisotopic (exact) mass is 324 g/mol. The molecule has 0 aliphatic heterocycles. The minimum atomic E-state index is -1.38. The smallest absolute Gasteiger partial charge is 0.335 e. The highest BCUT2D eigenvalue weighted by Crippen LogP contribution is 2.50.